The van der Waals surface area contributed by atoms with Gasteiger partial charge in [0.1, 0.15) is 11.5 Å². The summed E-state index contributed by atoms with van der Waals surface area (Å²) in [6.07, 6.45) is 6.77. The van der Waals surface area contributed by atoms with E-state index in [1.807, 2.05) is 25.1 Å². The molecule has 0 aliphatic heterocycles. The average molecular weight is 266 g/mol. The molecule has 0 aliphatic rings. The molecule has 0 atom stereocenters. The van der Waals surface area contributed by atoms with Gasteiger partial charge in [0.15, 0.2) is 5.76 Å². The van der Waals surface area contributed by atoms with Crippen LogP contribution in [0.5, 0.6) is 0 Å². The molecule has 5 nitrogen and oxygen atoms in total. The molecule has 3 rings (SSSR count). The highest BCUT2D eigenvalue weighted by Crippen LogP contribution is 2.29. The average Bonchev–Trinajstić information content (AvgIpc) is 3.05. The van der Waals surface area contributed by atoms with Gasteiger partial charge >= 0.3 is 0 Å². The normalized spacial score (nSPS) is 10.7. The van der Waals surface area contributed by atoms with Crippen molar-refractivity contribution in [3.05, 3.63) is 60.9 Å². The van der Waals surface area contributed by atoms with E-state index in [-0.39, 0.29) is 0 Å². The quantitative estimate of drug-likeness (QED) is 0.791. The van der Waals surface area contributed by atoms with Crippen LogP contribution < -0.4 is 5.73 Å². The van der Waals surface area contributed by atoms with Crippen LogP contribution in [0.15, 0.2) is 54.0 Å². The summed E-state index contributed by atoms with van der Waals surface area (Å²) in [5.41, 5.74) is 8.81. The van der Waals surface area contributed by atoms with Gasteiger partial charge in [-0.2, -0.15) is 5.10 Å². The lowest BCUT2D eigenvalue weighted by atomic mass is 10.2. The monoisotopic (exact) mass is 266 g/mol. The SMILES string of the molecule is C=C(c1oc(-c2cccnc2)cc1C)n1cc(N)cn1. The van der Waals surface area contributed by atoms with Crippen molar-refractivity contribution >= 4 is 11.4 Å². The van der Waals surface area contributed by atoms with Crippen molar-refractivity contribution in [2.24, 2.45) is 0 Å². The number of nitrogens with zero attached hydrogens (tertiary/aromatic N) is 3. The molecule has 0 bridgehead atoms. The number of aromatic nitrogens is 3. The molecule has 0 aliphatic carbocycles. The van der Waals surface area contributed by atoms with Crippen molar-refractivity contribution in [2.45, 2.75) is 6.92 Å². The third-order valence-electron chi connectivity index (χ3n) is 3.01. The van der Waals surface area contributed by atoms with Crippen LogP contribution >= 0.6 is 0 Å². The predicted octanol–water partition coefficient (Wildman–Crippen LogP) is 2.95. The van der Waals surface area contributed by atoms with Crippen LogP contribution in [-0.2, 0) is 0 Å². The molecule has 5 heteroatoms. The summed E-state index contributed by atoms with van der Waals surface area (Å²) in [6.45, 7) is 5.98. The molecule has 20 heavy (non-hydrogen) atoms. The minimum atomic E-state index is 0.586. The van der Waals surface area contributed by atoms with E-state index in [1.165, 1.54) is 0 Å². The number of nitrogens with two attached hydrogens (primary N) is 1. The molecule has 3 heterocycles. The van der Waals surface area contributed by atoms with Crippen molar-refractivity contribution in [1.29, 1.82) is 0 Å². The Morgan fingerprint density at radius 1 is 1.40 bits per heavy atom. The Kier molecular flexibility index (Phi) is 2.87. The van der Waals surface area contributed by atoms with Crippen molar-refractivity contribution in [2.75, 3.05) is 5.73 Å². The molecule has 0 spiro atoms. The van der Waals surface area contributed by atoms with E-state index in [0.29, 0.717) is 17.1 Å². The van der Waals surface area contributed by atoms with Crippen molar-refractivity contribution < 1.29 is 4.42 Å². The van der Waals surface area contributed by atoms with E-state index in [9.17, 15) is 0 Å². The molecule has 3 aromatic rings. The third-order valence-corrected chi connectivity index (χ3v) is 3.01. The molecule has 2 N–H and O–H groups in total. The second kappa shape index (κ2) is 4.70. The number of pyridine rings is 1. The Labute approximate surface area is 116 Å². The maximum Gasteiger partial charge on any atom is 0.155 e. The van der Waals surface area contributed by atoms with Gasteiger partial charge in [0.2, 0.25) is 0 Å². The highest BCUT2D eigenvalue weighted by atomic mass is 16.3. The lowest BCUT2D eigenvalue weighted by molar-refractivity contribution is 0.558. The molecule has 0 amide bonds. The Balaban J connectivity index is 1.99. The number of aryl methyl sites for hydroxylation is 1. The summed E-state index contributed by atoms with van der Waals surface area (Å²) in [4.78, 5) is 4.09. The van der Waals surface area contributed by atoms with Gasteiger partial charge in [0.05, 0.1) is 18.1 Å². The molecular weight excluding hydrogens is 252 g/mol. The van der Waals surface area contributed by atoms with Crippen LogP contribution in [0.2, 0.25) is 0 Å². The van der Waals surface area contributed by atoms with E-state index < -0.39 is 0 Å². The van der Waals surface area contributed by atoms with E-state index in [2.05, 4.69) is 16.7 Å². The number of nitrogen functional groups attached to an aromatic ring is 1. The lowest BCUT2D eigenvalue weighted by Crippen LogP contribution is -1.97. The molecule has 0 unspecified atom stereocenters. The fraction of sp³-hybridized carbons (Fsp3) is 0.0667. The van der Waals surface area contributed by atoms with Gasteiger partial charge in [-0.25, -0.2) is 4.68 Å². The second-order valence-electron chi connectivity index (χ2n) is 4.53. The summed E-state index contributed by atoms with van der Waals surface area (Å²) in [7, 11) is 0. The highest BCUT2D eigenvalue weighted by molar-refractivity contribution is 5.67. The summed E-state index contributed by atoms with van der Waals surface area (Å²) in [5, 5.41) is 4.13. The molecule has 0 saturated heterocycles. The van der Waals surface area contributed by atoms with Gasteiger partial charge in [0, 0.05) is 18.0 Å². The zero-order chi connectivity index (χ0) is 14.1. The Morgan fingerprint density at radius 3 is 2.90 bits per heavy atom. The van der Waals surface area contributed by atoms with Crippen LogP contribution in [-0.4, -0.2) is 14.8 Å². The number of hydrogen-bond acceptors (Lipinski definition) is 4. The summed E-state index contributed by atoms with van der Waals surface area (Å²) < 4.78 is 7.49. The minimum Gasteiger partial charge on any atom is -0.454 e. The van der Waals surface area contributed by atoms with Crippen LogP contribution in [0.4, 0.5) is 5.69 Å². The third kappa shape index (κ3) is 2.09. The first-order valence-corrected chi connectivity index (χ1v) is 6.16. The Hall–Kier alpha value is -2.82. The van der Waals surface area contributed by atoms with Crippen LogP contribution in [0.3, 0.4) is 0 Å². The van der Waals surface area contributed by atoms with Crippen molar-refractivity contribution in [3.8, 4) is 11.3 Å². The fourth-order valence-electron chi connectivity index (χ4n) is 2.01. The zero-order valence-electron chi connectivity index (χ0n) is 11.1. The molecule has 100 valence electrons. The van der Waals surface area contributed by atoms with Gasteiger partial charge in [-0.15, -0.1) is 0 Å². The number of rotatable bonds is 3. The number of hydrogen-bond donors (Lipinski definition) is 1. The first kappa shape index (κ1) is 12.2. The smallest absolute Gasteiger partial charge is 0.155 e. The van der Waals surface area contributed by atoms with Crippen molar-refractivity contribution in [3.63, 3.8) is 0 Å². The topological polar surface area (TPSA) is 69.9 Å². The fourth-order valence-corrected chi connectivity index (χ4v) is 2.01. The molecule has 0 saturated carbocycles. The van der Waals surface area contributed by atoms with E-state index >= 15 is 0 Å². The van der Waals surface area contributed by atoms with Crippen LogP contribution in [0.25, 0.3) is 17.0 Å². The molecule has 3 aromatic heterocycles. The maximum atomic E-state index is 5.88. The van der Waals surface area contributed by atoms with Crippen molar-refractivity contribution in [1.82, 2.24) is 14.8 Å². The standard InChI is InChI=1S/C15H14N4O/c1-10-6-14(12-4-3-5-17-7-12)20-15(10)11(2)19-9-13(16)8-18-19/h3-9H,2,16H2,1H3. The largest absolute Gasteiger partial charge is 0.454 e. The van der Waals surface area contributed by atoms with Gasteiger partial charge in [-0.3, -0.25) is 4.98 Å². The van der Waals surface area contributed by atoms with Crippen LogP contribution in [0.1, 0.15) is 11.3 Å². The Morgan fingerprint density at radius 2 is 2.25 bits per heavy atom. The summed E-state index contributed by atoms with van der Waals surface area (Å²) >= 11 is 0. The van der Waals surface area contributed by atoms with Crippen LogP contribution in [0, 0.1) is 6.92 Å². The number of anilines is 1. The van der Waals surface area contributed by atoms with E-state index in [0.717, 1.165) is 16.9 Å². The van der Waals surface area contributed by atoms with Gasteiger partial charge < -0.3 is 10.2 Å². The summed E-state index contributed by atoms with van der Waals surface area (Å²) in [5.74, 6) is 1.44. The van der Waals surface area contributed by atoms with Gasteiger partial charge in [-0.1, -0.05) is 6.58 Å². The molecule has 0 aromatic carbocycles. The lowest BCUT2D eigenvalue weighted by Gasteiger charge is -2.03. The maximum absolute atomic E-state index is 5.88. The Bertz CT molecular complexity index is 755. The summed E-state index contributed by atoms with van der Waals surface area (Å²) in [6, 6.07) is 5.78. The molecular formula is C15H14N4O. The van der Waals surface area contributed by atoms with E-state index in [1.54, 1.807) is 29.5 Å². The number of furan rings is 1. The first-order chi connectivity index (χ1) is 9.65. The minimum absolute atomic E-state index is 0.586. The molecule has 0 fully saturated rings. The predicted molar refractivity (Wildman–Crippen MR) is 77.7 cm³/mol. The zero-order valence-corrected chi connectivity index (χ0v) is 11.1. The molecule has 0 radical (unpaired) electrons. The van der Waals surface area contributed by atoms with E-state index in [4.69, 9.17) is 10.2 Å². The second-order valence-corrected chi connectivity index (χ2v) is 4.53. The van der Waals surface area contributed by atoms with Gasteiger partial charge in [-0.05, 0) is 30.7 Å². The first-order valence-electron chi connectivity index (χ1n) is 6.16. The highest BCUT2D eigenvalue weighted by Gasteiger charge is 2.14. The van der Waals surface area contributed by atoms with Gasteiger partial charge in [0.25, 0.3) is 0 Å².